The first-order chi connectivity index (χ1) is 13.4. The number of nitrogens with two attached hydrogens (primary N) is 1. The molecule has 5 unspecified atom stereocenters. The first-order valence-electron chi connectivity index (χ1n) is 8.45. The van der Waals surface area contributed by atoms with E-state index in [0.29, 0.717) is 0 Å². The van der Waals surface area contributed by atoms with Gasteiger partial charge in [-0.15, -0.1) is 0 Å². The average molecular weight is 422 g/mol. The highest BCUT2D eigenvalue weighted by Crippen LogP contribution is 2.02. The van der Waals surface area contributed by atoms with Gasteiger partial charge in [0, 0.05) is 6.42 Å². The van der Waals surface area contributed by atoms with Crippen LogP contribution in [0.25, 0.3) is 0 Å². The molecule has 0 saturated carbocycles. The highest BCUT2D eigenvalue weighted by Gasteiger charge is 2.32. The molecule has 10 N–H and O–H groups in total. The summed E-state index contributed by atoms with van der Waals surface area (Å²) in [5, 5.41) is 51.6. The van der Waals surface area contributed by atoms with E-state index in [1.807, 2.05) is 10.6 Å². The van der Waals surface area contributed by atoms with Crippen molar-refractivity contribution in [2.45, 2.75) is 50.0 Å². The van der Waals surface area contributed by atoms with E-state index in [0.717, 1.165) is 6.92 Å². The summed E-state index contributed by atoms with van der Waals surface area (Å²) in [6.07, 6.45) is -2.50. The molecule has 0 aliphatic carbocycles. The summed E-state index contributed by atoms with van der Waals surface area (Å²) in [6, 6.07) is -6.20. The molecule has 0 aromatic carbocycles. The van der Waals surface area contributed by atoms with Crippen LogP contribution in [0.15, 0.2) is 0 Å². The lowest BCUT2D eigenvalue weighted by molar-refractivity contribution is -0.144. The third-order valence-corrected chi connectivity index (χ3v) is 3.67. The van der Waals surface area contributed by atoms with E-state index in [1.54, 1.807) is 0 Å². The molecule has 0 heterocycles. The van der Waals surface area contributed by atoms with Gasteiger partial charge in [-0.1, -0.05) is 0 Å². The van der Waals surface area contributed by atoms with Gasteiger partial charge in [0.05, 0.1) is 19.3 Å². The highest BCUT2D eigenvalue weighted by molar-refractivity contribution is 5.94. The van der Waals surface area contributed by atoms with Gasteiger partial charge in [-0.3, -0.25) is 19.2 Å². The Bertz CT molecular complexity index is 612. The van der Waals surface area contributed by atoms with E-state index in [1.165, 1.54) is 0 Å². The normalized spacial score (nSPS) is 15.9. The molecule has 14 nitrogen and oxygen atoms in total. The monoisotopic (exact) mass is 422 g/mol. The van der Waals surface area contributed by atoms with Crippen molar-refractivity contribution in [3.8, 4) is 0 Å². The molecule has 29 heavy (non-hydrogen) atoms. The second-order valence-electron chi connectivity index (χ2n) is 6.09. The Morgan fingerprint density at radius 2 is 1.41 bits per heavy atom. The van der Waals surface area contributed by atoms with Crippen LogP contribution in [0, 0.1) is 0 Å². The molecule has 0 aromatic rings. The van der Waals surface area contributed by atoms with Gasteiger partial charge in [-0.2, -0.15) is 0 Å². The van der Waals surface area contributed by atoms with Gasteiger partial charge in [-0.05, 0) is 13.3 Å². The number of hydrogen-bond acceptors (Lipinski definition) is 9. The van der Waals surface area contributed by atoms with E-state index < -0.39 is 86.0 Å². The van der Waals surface area contributed by atoms with E-state index >= 15 is 0 Å². The van der Waals surface area contributed by atoms with Crippen LogP contribution < -0.4 is 21.7 Å². The number of hydrogen-bond donors (Lipinski definition) is 9. The SMILES string of the molecule is CC(O)C(NC(=O)C(CO)NC(=O)C(N)CO)C(=O)NC(CCC(=O)O)C(=O)O. The summed E-state index contributed by atoms with van der Waals surface area (Å²) in [6.45, 7) is -0.511. The number of nitrogens with one attached hydrogen (secondary N) is 3. The van der Waals surface area contributed by atoms with Crippen molar-refractivity contribution in [1.29, 1.82) is 0 Å². The first kappa shape index (κ1) is 26.2. The molecule has 0 aromatic heterocycles. The van der Waals surface area contributed by atoms with Crippen molar-refractivity contribution in [2.24, 2.45) is 5.73 Å². The van der Waals surface area contributed by atoms with Crippen LogP contribution in [0.3, 0.4) is 0 Å². The molecule has 0 rings (SSSR count). The van der Waals surface area contributed by atoms with Crippen molar-refractivity contribution in [3.63, 3.8) is 0 Å². The van der Waals surface area contributed by atoms with Crippen LogP contribution in [-0.4, -0.2) is 98.7 Å². The molecule has 0 saturated heterocycles. The summed E-state index contributed by atoms with van der Waals surface area (Å²) in [7, 11) is 0. The Balaban J connectivity index is 5.16. The van der Waals surface area contributed by atoms with Crippen LogP contribution in [-0.2, 0) is 24.0 Å². The van der Waals surface area contributed by atoms with Crippen molar-refractivity contribution in [1.82, 2.24) is 16.0 Å². The van der Waals surface area contributed by atoms with Gasteiger partial charge < -0.3 is 47.2 Å². The lowest BCUT2D eigenvalue weighted by Crippen LogP contribution is -2.60. The van der Waals surface area contributed by atoms with E-state index in [9.17, 15) is 34.2 Å². The third-order valence-electron chi connectivity index (χ3n) is 3.67. The summed E-state index contributed by atoms with van der Waals surface area (Å²) < 4.78 is 0. The number of carbonyl (C=O) groups excluding carboxylic acids is 3. The third kappa shape index (κ3) is 9.29. The number of carboxylic acids is 2. The topological polar surface area (TPSA) is 249 Å². The number of aliphatic carboxylic acids is 2. The molecule has 0 fully saturated rings. The van der Waals surface area contributed by atoms with Gasteiger partial charge in [0.15, 0.2) is 0 Å². The Morgan fingerprint density at radius 3 is 1.83 bits per heavy atom. The van der Waals surface area contributed by atoms with Crippen LogP contribution in [0.4, 0.5) is 0 Å². The highest BCUT2D eigenvalue weighted by atomic mass is 16.4. The van der Waals surface area contributed by atoms with Gasteiger partial charge in [0.25, 0.3) is 0 Å². The minimum Gasteiger partial charge on any atom is -0.481 e. The number of amides is 3. The zero-order valence-electron chi connectivity index (χ0n) is 15.6. The molecular weight excluding hydrogens is 396 g/mol. The molecule has 0 spiro atoms. The lowest BCUT2D eigenvalue weighted by Gasteiger charge is -2.25. The van der Waals surface area contributed by atoms with E-state index in [4.69, 9.17) is 21.1 Å². The maximum Gasteiger partial charge on any atom is 0.326 e. The molecule has 166 valence electrons. The number of aliphatic hydroxyl groups is 3. The second kappa shape index (κ2) is 12.6. The molecule has 0 radical (unpaired) electrons. The Hall–Kier alpha value is -2.81. The molecular formula is C15H26N4O10. The Kier molecular flexibility index (Phi) is 11.4. The van der Waals surface area contributed by atoms with E-state index in [-0.39, 0.29) is 0 Å². The number of carboxylic acid groups (broad SMARTS) is 2. The molecule has 0 bridgehead atoms. The molecule has 14 heteroatoms. The number of rotatable bonds is 13. The van der Waals surface area contributed by atoms with Crippen molar-refractivity contribution >= 4 is 29.7 Å². The van der Waals surface area contributed by atoms with Crippen molar-refractivity contribution in [2.75, 3.05) is 13.2 Å². The quantitative estimate of drug-likeness (QED) is 0.136. The predicted molar refractivity (Wildman–Crippen MR) is 94.1 cm³/mol. The summed E-state index contributed by atoms with van der Waals surface area (Å²) in [5.41, 5.74) is 5.27. The van der Waals surface area contributed by atoms with Crippen molar-refractivity contribution in [3.05, 3.63) is 0 Å². The maximum atomic E-state index is 12.3. The molecule has 3 amide bonds. The fourth-order valence-corrected chi connectivity index (χ4v) is 2.00. The summed E-state index contributed by atoms with van der Waals surface area (Å²) in [5.74, 6) is -5.98. The maximum absolute atomic E-state index is 12.3. The lowest BCUT2D eigenvalue weighted by atomic mass is 10.1. The van der Waals surface area contributed by atoms with Gasteiger partial charge >= 0.3 is 11.9 Å². The van der Waals surface area contributed by atoms with Gasteiger partial charge in [0.2, 0.25) is 17.7 Å². The van der Waals surface area contributed by atoms with Crippen LogP contribution in [0.2, 0.25) is 0 Å². The second-order valence-corrected chi connectivity index (χ2v) is 6.09. The molecule has 0 aliphatic heterocycles. The number of carbonyl (C=O) groups is 5. The van der Waals surface area contributed by atoms with Crippen LogP contribution in [0.5, 0.6) is 0 Å². The zero-order chi connectivity index (χ0) is 22.7. The number of aliphatic hydroxyl groups excluding tert-OH is 3. The summed E-state index contributed by atoms with van der Waals surface area (Å²) in [4.78, 5) is 57.8. The summed E-state index contributed by atoms with van der Waals surface area (Å²) >= 11 is 0. The predicted octanol–water partition coefficient (Wildman–Crippen LogP) is -4.92. The zero-order valence-corrected chi connectivity index (χ0v) is 15.6. The van der Waals surface area contributed by atoms with E-state index in [2.05, 4.69) is 5.32 Å². The van der Waals surface area contributed by atoms with Crippen LogP contribution >= 0.6 is 0 Å². The molecule has 0 aliphatic rings. The Morgan fingerprint density at radius 1 is 0.862 bits per heavy atom. The van der Waals surface area contributed by atoms with Gasteiger partial charge in [0.1, 0.15) is 24.2 Å². The fraction of sp³-hybridized carbons (Fsp3) is 0.667. The van der Waals surface area contributed by atoms with Crippen LogP contribution in [0.1, 0.15) is 19.8 Å². The van der Waals surface area contributed by atoms with Crippen molar-refractivity contribution < 1.29 is 49.5 Å². The minimum absolute atomic E-state index is 0.439. The fourth-order valence-electron chi connectivity index (χ4n) is 2.00. The Labute approximate surface area is 165 Å². The smallest absolute Gasteiger partial charge is 0.326 e. The standard InChI is InChI=1S/C15H26N4O10/c1-6(22)11(14(27)17-8(15(28)29)2-3-10(23)24)19-13(26)9(5-21)18-12(25)7(16)4-20/h6-9,11,20-22H,2-5,16H2,1H3,(H,17,27)(H,18,25)(H,19,26)(H,23,24)(H,28,29). The minimum atomic E-state index is -1.67. The molecule has 5 atom stereocenters. The largest absolute Gasteiger partial charge is 0.481 e. The first-order valence-corrected chi connectivity index (χ1v) is 8.45. The van der Waals surface area contributed by atoms with Gasteiger partial charge in [-0.25, -0.2) is 4.79 Å². The average Bonchev–Trinajstić information content (AvgIpc) is 2.65.